The molecule has 2 amide bonds. The lowest BCUT2D eigenvalue weighted by Crippen LogP contribution is -2.38. The Bertz CT molecular complexity index is 1310. The Labute approximate surface area is 209 Å². The number of likely N-dealkylation sites (tertiary alicyclic amines) is 1. The SMILES string of the molecule is CC(C)(C)OC(=O)Nc1cc(OC(F)(F)F)ccc1C(=O)N1CCC(c2c(F)cnc3[nH]ccc23)CC1. The number of anilines is 1. The average Bonchev–Trinajstić information content (AvgIpc) is 3.25. The van der Waals surface area contributed by atoms with E-state index in [-0.39, 0.29) is 30.3 Å². The lowest BCUT2D eigenvalue weighted by atomic mass is 9.87. The number of nitrogens with zero attached hydrogens (tertiary/aromatic N) is 2. The second kappa shape index (κ2) is 9.91. The third-order valence-corrected chi connectivity index (χ3v) is 5.86. The second-order valence-corrected chi connectivity index (χ2v) is 9.71. The maximum Gasteiger partial charge on any atom is 0.573 e. The van der Waals surface area contributed by atoms with E-state index < -0.39 is 35.5 Å². The normalized spacial score (nSPS) is 15.1. The van der Waals surface area contributed by atoms with E-state index in [4.69, 9.17) is 4.74 Å². The van der Waals surface area contributed by atoms with Crippen molar-refractivity contribution < 1.29 is 36.6 Å². The first-order valence-electron chi connectivity index (χ1n) is 11.6. The standard InChI is InChI=1S/C25H26F4N4O4/c1-24(2,3)37-23(35)32-19-12-15(36-25(27,28)29)4-5-16(19)22(34)33-10-7-14(8-11-33)20-17-6-9-30-21(17)31-13-18(20)26/h4-6,9,12-14H,7-8,10-11H2,1-3H3,(H,30,31)(H,32,35). The minimum Gasteiger partial charge on any atom is -0.444 e. The van der Waals surface area contributed by atoms with Gasteiger partial charge in [-0.15, -0.1) is 13.2 Å². The quantitative estimate of drug-likeness (QED) is 0.412. The smallest absolute Gasteiger partial charge is 0.444 e. The first-order chi connectivity index (χ1) is 17.3. The Morgan fingerprint density at radius 1 is 1.14 bits per heavy atom. The molecule has 0 radical (unpaired) electrons. The Morgan fingerprint density at radius 3 is 2.49 bits per heavy atom. The Hall–Kier alpha value is -3.83. The maximum absolute atomic E-state index is 14.6. The monoisotopic (exact) mass is 522 g/mol. The second-order valence-electron chi connectivity index (χ2n) is 9.71. The van der Waals surface area contributed by atoms with Crippen LogP contribution in [0.5, 0.6) is 5.75 Å². The summed E-state index contributed by atoms with van der Waals surface area (Å²) >= 11 is 0. The van der Waals surface area contributed by atoms with Gasteiger partial charge in [-0.25, -0.2) is 14.2 Å². The van der Waals surface area contributed by atoms with Gasteiger partial charge >= 0.3 is 12.5 Å². The molecule has 3 aromatic rings. The predicted molar refractivity (Wildman–Crippen MR) is 127 cm³/mol. The van der Waals surface area contributed by atoms with Crippen LogP contribution in [0.4, 0.5) is 28.0 Å². The van der Waals surface area contributed by atoms with Crippen LogP contribution in [0, 0.1) is 5.82 Å². The Morgan fingerprint density at radius 2 is 1.84 bits per heavy atom. The van der Waals surface area contributed by atoms with E-state index in [0.717, 1.165) is 18.2 Å². The van der Waals surface area contributed by atoms with Crippen molar-refractivity contribution in [2.75, 3.05) is 18.4 Å². The third-order valence-electron chi connectivity index (χ3n) is 5.86. The van der Waals surface area contributed by atoms with Crippen molar-refractivity contribution >= 4 is 28.7 Å². The molecule has 198 valence electrons. The molecule has 8 nitrogen and oxygen atoms in total. The van der Waals surface area contributed by atoms with Crippen molar-refractivity contribution in [1.82, 2.24) is 14.9 Å². The summed E-state index contributed by atoms with van der Waals surface area (Å²) in [5.74, 6) is -1.66. The van der Waals surface area contributed by atoms with Gasteiger partial charge < -0.3 is 19.4 Å². The van der Waals surface area contributed by atoms with E-state index >= 15 is 0 Å². The molecule has 2 aromatic heterocycles. The highest BCUT2D eigenvalue weighted by Crippen LogP contribution is 2.35. The molecule has 4 rings (SSSR count). The van der Waals surface area contributed by atoms with Gasteiger partial charge in [0.25, 0.3) is 5.91 Å². The van der Waals surface area contributed by atoms with Gasteiger partial charge in [0.15, 0.2) is 0 Å². The van der Waals surface area contributed by atoms with Crippen LogP contribution in [-0.2, 0) is 4.74 Å². The molecule has 0 saturated carbocycles. The number of nitrogens with one attached hydrogen (secondary N) is 2. The van der Waals surface area contributed by atoms with Crippen LogP contribution in [0.25, 0.3) is 11.0 Å². The molecule has 1 aliphatic heterocycles. The first-order valence-corrected chi connectivity index (χ1v) is 11.6. The van der Waals surface area contributed by atoms with Crippen molar-refractivity contribution in [3.05, 3.63) is 53.6 Å². The molecular weight excluding hydrogens is 496 g/mol. The van der Waals surface area contributed by atoms with Gasteiger partial charge in [-0.1, -0.05) is 0 Å². The summed E-state index contributed by atoms with van der Waals surface area (Å²) in [5, 5.41) is 3.05. The number of hydrogen-bond acceptors (Lipinski definition) is 5. The fourth-order valence-corrected chi connectivity index (χ4v) is 4.38. The summed E-state index contributed by atoms with van der Waals surface area (Å²) in [4.78, 5) is 34.2. The number of benzene rings is 1. The van der Waals surface area contributed by atoms with E-state index in [1.165, 1.54) is 11.1 Å². The third kappa shape index (κ3) is 6.30. The van der Waals surface area contributed by atoms with Crippen LogP contribution in [-0.4, -0.2) is 51.9 Å². The van der Waals surface area contributed by atoms with Crippen LogP contribution >= 0.6 is 0 Å². The van der Waals surface area contributed by atoms with Gasteiger partial charge in [0.1, 0.15) is 22.8 Å². The van der Waals surface area contributed by atoms with Crippen molar-refractivity contribution in [2.24, 2.45) is 0 Å². The molecule has 0 spiro atoms. The van der Waals surface area contributed by atoms with E-state index in [9.17, 15) is 27.2 Å². The molecular formula is C25H26F4N4O4. The summed E-state index contributed by atoms with van der Waals surface area (Å²) in [6.07, 6.45) is -2.10. The van der Waals surface area contributed by atoms with Gasteiger partial charge in [0, 0.05) is 36.3 Å². The minimum absolute atomic E-state index is 0.0260. The number of carbonyl (C=O) groups excluding carboxylic acids is 2. The van der Waals surface area contributed by atoms with E-state index in [1.807, 2.05) is 0 Å². The Kier molecular flexibility index (Phi) is 7.03. The highest BCUT2D eigenvalue weighted by Gasteiger charge is 2.33. The number of pyridine rings is 1. The molecule has 0 aliphatic carbocycles. The van der Waals surface area contributed by atoms with Gasteiger partial charge in [-0.05, 0) is 57.7 Å². The van der Waals surface area contributed by atoms with Crippen molar-refractivity contribution in [3.8, 4) is 5.75 Å². The summed E-state index contributed by atoms with van der Waals surface area (Å²) < 4.78 is 62.0. The van der Waals surface area contributed by atoms with Crippen LogP contribution in [0.2, 0.25) is 0 Å². The number of aromatic amines is 1. The molecule has 3 heterocycles. The topological polar surface area (TPSA) is 96.5 Å². The number of alkyl halides is 3. The molecule has 1 aromatic carbocycles. The zero-order chi connectivity index (χ0) is 27.0. The number of piperidine rings is 1. The van der Waals surface area contributed by atoms with Gasteiger partial charge in [0.05, 0.1) is 17.4 Å². The number of hydrogen-bond donors (Lipinski definition) is 2. The molecule has 1 aliphatic rings. The number of ether oxygens (including phenoxy) is 2. The highest BCUT2D eigenvalue weighted by atomic mass is 19.4. The molecule has 1 saturated heterocycles. The number of H-pyrrole nitrogens is 1. The number of amides is 2. The van der Waals surface area contributed by atoms with Gasteiger partial charge in [-0.3, -0.25) is 10.1 Å². The first kappa shape index (κ1) is 26.2. The predicted octanol–water partition coefficient (Wildman–Crippen LogP) is 5.97. The zero-order valence-corrected chi connectivity index (χ0v) is 20.4. The molecule has 1 fully saturated rings. The lowest BCUT2D eigenvalue weighted by molar-refractivity contribution is -0.274. The van der Waals surface area contributed by atoms with Crippen molar-refractivity contribution in [2.45, 2.75) is 51.5 Å². The fraction of sp³-hybridized carbons (Fsp3) is 0.400. The summed E-state index contributed by atoms with van der Waals surface area (Å²) in [7, 11) is 0. The van der Waals surface area contributed by atoms with E-state index in [2.05, 4.69) is 20.0 Å². The average molecular weight is 522 g/mol. The molecule has 0 atom stereocenters. The largest absolute Gasteiger partial charge is 0.573 e. The maximum atomic E-state index is 14.6. The molecule has 0 bridgehead atoms. The van der Waals surface area contributed by atoms with Crippen LogP contribution in [0.15, 0.2) is 36.7 Å². The van der Waals surface area contributed by atoms with E-state index in [1.54, 1.807) is 33.0 Å². The van der Waals surface area contributed by atoms with Crippen molar-refractivity contribution in [3.63, 3.8) is 0 Å². The summed E-state index contributed by atoms with van der Waals surface area (Å²) in [6, 6.07) is 4.85. The van der Waals surface area contributed by atoms with Crippen LogP contribution in [0.3, 0.4) is 0 Å². The number of carbonyl (C=O) groups is 2. The van der Waals surface area contributed by atoms with Gasteiger partial charge in [-0.2, -0.15) is 0 Å². The van der Waals surface area contributed by atoms with Crippen molar-refractivity contribution in [1.29, 1.82) is 0 Å². The molecule has 0 unspecified atom stereocenters. The van der Waals surface area contributed by atoms with Crippen LogP contribution < -0.4 is 10.1 Å². The zero-order valence-electron chi connectivity index (χ0n) is 20.4. The number of rotatable bonds is 4. The number of fused-ring (bicyclic) bond motifs is 1. The molecule has 37 heavy (non-hydrogen) atoms. The van der Waals surface area contributed by atoms with Crippen LogP contribution in [0.1, 0.15) is 55.5 Å². The van der Waals surface area contributed by atoms with Gasteiger partial charge in [0.2, 0.25) is 0 Å². The minimum atomic E-state index is -4.95. The highest BCUT2D eigenvalue weighted by molar-refractivity contribution is 6.03. The van der Waals surface area contributed by atoms with E-state index in [0.29, 0.717) is 29.4 Å². The molecule has 2 N–H and O–H groups in total. The summed E-state index contributed by atoms with van der Waals surface area (Å²) in [6.45, 7) is 5.43. The fourth-order valence-electron chi connectivity index (χ4n) is 4.38. The Balaban J connectivity index is 1.54. The molecule has 12 heteroatoms. The summed E-state index contributed by atoms with van der Waals surface area (Å²) in [5.41, 5.74) is 0.0380. The number of halogens is 4. The number of aromatic nitrogens is 2. The lowest BCUT2D eigenvalue weighted by Gasteiger charge is -2.33.